The molecule has 0 bridgehead atoms. The zero-order valence-corrected chi connectivity index (χ0v) is 9.23. The summed E-state index contributed by atoms with van der Waals surface area (Å²) >= 11 is 0. The van der Waals surface area contributed by atoms with Gasteiger partial charge in [0.1, 0.15) is 6.54 Å². The average molecular weight is 223 g/mol. The van der Waals surface area contributed by atoms with E-state index in [0.717, 1.165) is 11.4 Å². The van der Waals surface area contributed by atoms with Gasteiger partial charge in [0.25, 0.3) is 0 Å². The zero-order valence-electron chi connectivity index (χ0n) is 9.23. The second-order valence-electron chi connectivity index (χ2n) is 3.47. The number of benzene rings is 1. The van der Waals surface area contributed by atoms with Gasteiger partial charge in [-0.25, -0.2) is 0 Å². The van der Waals surface area contributed by atoms with Crippen molar-refractivity contribution in [1.29, 1.82) is 0 Å². The number of hydrogen-bond donors (Lipinski definition) is 0. The van der Waals surface area contributed by atoms with Crippen LogP contribution in [0.15, 0.2) is 18.2 Å². The largest absolute Gasteiger partial charge is 0.468 e. The minimum Gasteiger partial charge on any atom is -0.468 e. The number of carbonyl (C=O) groups is 1. The summed E-state index contributed by atoms with van der Waals surface area (Å²) in [6.07, 6.45) is 0. The van der Waals surface area contributed by atoms with E-state index in [2.05, 4.69) is 4.74 Å². The third-order valence-electron chi connectivity index (χ3n) is 2.39. The lowest BCUT2D eigenvalue weighted by molar-refractivity contribution is -0.138. The molecule has 0 N–H and O–H groups in total. The highest BCUT2D eigenvalue weighted by Gasteiger charge is 2.15. The standard InChI is InChI=1S/C11H13NO4/c1-12(6-11(13)14-2)8-3-4-9-10(5-8)16-7-15-9/h3-5H,6-7H2,1-2H3. The number of carbonyl (C=O) groups excluding carboxylic acids is 1. The maximum Gasteiger partial charge on any atom is 0.325 e. The average Bonchev–Trinajstić information content (AvgIpc) is 2.75. The van der Waals surface area contributed by atoms with Crippen molar-refractivity contribution in [2.75, 3.05) is 32.4 Å². The van der Waals surface area contributed by atoms with Crippen LogP contribution in [-0.4, -0.2) is 33.5 Å². The van der Waals surface area contributed by atoms with Crippen LogP contribution >= 0.6 is 0 Å². The zero-order chi connectivity index (χ0) is 11.5. The van der Waals surface area contributed by atoms with Gasteiger partial charge in [0, 0.05) is 18.8 Å². The molecule has 1 aromatic rings. The van der Waals surface area contributed by atoms with Crippen LogP contribution in [0.4, 0.5) is 5.69 Å². The quantitative estimate of drug-likeness (QED) is 0.716. The number of rotatable bonds is 3. The molecule has 1 heterocycles. The van der Waals surface area contributed by atoms with Crippen molar-refractivity contribution in [3.05, 3.63) is 18.2 Å². The molecule has 2 rings (SSSR count). The van der Waals surface area contributed by atoms with Gasteiger partial charge in [0.05, 0.1) is 7.11 Å². The summed E-state index contributed by atoms with van der Waals surface area (Å²) in [6, 6.07) is 5.53. The van der Waals surface area contributed by atoms with Gasteiger partial charge in [-0.05, 0) is 12.1 Å². The Bertz CT molecular complexity index is 405. The second kappa shape index (κ2) is 4.30. The highest BCUT2D eigenvalue weighted by atomic mass is 16.7. The lowest BCUT2D eigenvalue weighted by Gasteiger charge is -2.17. The Labute approximate surface area is 93.5 Å². The Hall–Kier alpha value is -1.91. The van der Waals surface area contributed by atoms with E-state index in [0.29, 0.717) is 5.75 Å². The van der Waals surface area contributed by atoms with Crippen LogP contribution in [0, 0.1) is 0 Å². The molecule has 0 radical (unpaired) electrons. The number of nitrogens with zero attached hydrogens (tertiary/aromatic N) is 1. The number of methoxy groups -OCH3 is 1. The van der Waals surface area contributed by atoms with Gasteiger partial charge in [-0.3, -0.25) is 4.79 Å². The lowest BCUT2D eigenvalue weighted by Crippen LogP contribution is -2.26. The summed E-state index contributed by atoms with van der Waals surface area (Å²) in [5, 5.41) is 0. The number of anilines is 1. The van der Waals surface area contributed by atoms with Crippen LogP contribution in [-0.2, 0) is 9.53 Å². The highest BCUT2D eigenvalue weighted by molar-refractivity contribution is 5.75. The van der Waals surface area contributed by atoms with Gasteiger partial charge in [-0.2, -0.15) is 0 Å². The fourth-order valence-electron chi connectivity index (χ4n) is 1.47. The van der Waals surface area contributed by atoms with E-state index in [1.165, 1.54) is 7.11 Å². The summed E-state index contributed by atoms with van der Waals surface area (Å²) in [7, 11) is 3.18. The monoisotopic (exact) mass is 223 g/mol. The molecule has 5 heteroatoms. The Balaban J connectivity index is 2.12. The minimum absolute atomic E-state index is 0.205. The predicted octanol–water partition coefficient (Wildman–Crippen LogP) is 1.02. The van der Waals surface area contributed by atoms with Crippen molar-refractivity contribution in [3.8, 4) is 11.5 Å². The van der Waals surface area contributed by atoms with Crippen molar-refractivity contribution in [2.45, 2.75) is 0 Å². The van der Waals surface area contributed by atoms with Gasteiger partial charge in [-0.15, -0.1) is 0 Å². The van der Waals surface area contributed by atoms with Gasteiger partial charge in [0.2, 0.25) is 6.79 Å². The topological polar surface area (TPSA) is 48.0 Å². The normalized spacial score (nSPS) is 12.4. The molecule has 86 valence electrons. The first-order chi connectivity index (χ1) is 7.70. The molecule has 16 heavy (non-hydrogen) atoms. The van der Waals surface area contributed by atoms with Crippen LogP contribution in [0.3, 0.4) is 0 Å². The molecule has 0 fully saturated rings. The third-order valence-corrected chi connectivity index (χ3v) is 2.39. The molecular formula is C11H13NO4. The van der Waals surface area contributed by atoms with Crippen molar-refractivity contribution < 1.29 is 19.0 Å². The van der Waals surface area contributed by atoms with Crippen molar-refractivity contribution in [3.63, 3.8) is 0 Å². The van der Waals surface area contributed by atoms with Crippen LogP contribution in [0.25, 0.3) is 0 Å². The van der Waals surface area contributed by atoms with Gasteiger partial charge >= 0.3 is 5.97 Å². The molecule has 0 amide bonds. The summed E-state index contributed by atoms with van der Waals surface area (Å²) in [5.41, 5.74) is 0.884. The van der Waals surface area contributed by atoms with E-state index in [-0.39, 0.29) is 19.3 Å². The molecular weight excluding hydrogens is 210 g/mol. The Kier molecular flexibility index (Phi) is 2.85. The Morgan fingerprint density at radius 1 is 1.44 bits per heavy atom. The summed E-state index contributed by atoms with van der Waals surface area (Å²) in [4.78, 5) is 12.9. The molecule has 1 aliphatic rings. The number of esters is 1. The van der Waals surface area contributed by atoms with E-state index < -0.39 is 0 Å². The summed E-state index contributed by atoms with van der Waals surface area (Å²) < 4.78 is 15.1. The van der Waals surface area contributed by atoms with E-state index in [9.17, 15) is 4.79 Å². The molecule has 5 nitrogen and oxygen atoms in total. The number of likely N-dealkylation sites (N-methyl/N-ethyl adjacent to an activating group) is 1. The molecule has 0 aliphatic carbocycles. The maximum absolute atomic E-state index is 11.1. The van der Waals surface area contributed by atoms with E-state index in [4.69, 9.17) is 9.47 Å². The van der Waals surface area contributed by atoms with Crippen LogP contribution in [0.2, 0.25) is 0 Å². The maximum atomic E-state index is 11.1. The van der Waals surface area contributed by atoms with Crippen molar-refractivity contribution >= 4 is 11.7 Å². The first kappa shape index (κ1) is 10.6. The van der Waals surface area contributed by atoms with E-state index in [1.54, 1.807) is 4.90 Å². The lowest BCUT2D eigenvalue weighted by atomic mass is 10.2. The smallest absolute Gasteiger partial charge is 0.325 e. The van der Waals surface area contributed by atoms with Gasteiger partial charge in [0.15, 0.2) is 11.5 Å². The molecule has 0 saturated carbocycles. The third kappa shape index (κ3) is 2.03. The molecule has 0 unspecified atom stereocenters. The molecule has 1 aliphatic heterocycles. The van der Waals surface area contributed by atoms with E-state index >= 15 is 0 Å². The van der Waals surface area contributed by atoms with Crippen LogP contribution in [0.5, 0.6) is 11.5 Å². The van der Waals surface area contributed by atoms with Crippen molar-refractivity contribution in [2.24, 2.45) is 0 Å². The molecule has 0 spiro atoms. The van der Waals surface area contributed by atoms with Gasteiger partial charge < -0.3 is 19.1 Å². The first-order valence-electron chi connectivity index (χ1n) is 4.88. The molecule has 0 atom stereocenters. The number of ether oxygens (including phenoxy) is 3. The fraction of sp³-hybridized carbons (Fsp3) is 0.364. The van der Waals surface area contributed by atoms with Crippen molar-refractivity contribution in [1.82, 2.24) is 0 Å². The Morgan fingerprint density at radius 3 is 2.94 bits per heavy atom. The number of fused-ring (bicyclic) bond motifs is 1. The Morgan fingerprint density at radius 2 is 2.19 bits per heavy atom. The predicted molar refractivity (Wildman–Crippen MR) is 57.9 cm³/mol. The van der Waals surface area contributed by atoms with Gasteiger partial charge in [-0.1, -0.05) is 0 Å². The molecule has 0 aromatic heterocycles. The molecule has 1 aromatic carbocycles. The highest BCUT2D eigenvalue weighted by Crippen LogP contribution is 2.35. The van der Waals surface area contributed by atoms with E-state index in [1.807, 2.05) is 25.2 Å². The SMILES string of the molecule is COC(=O)CN(C)c1ccc2c(c1)OCO2. The van der Waals surface area contributed by atoms with Crippen LogP contribution in [0.1, 0.15) is 0 Å². The molecule has 0 saturated heterocycles. The first-order valence-corrected chi connectivity index (χ1v) is 4.88. The second-order valence-corrected chi connectivity index (χ2v) is 3.47. The summed E-state index contributed by atoms with van der Waals surface area (Å²) in [6.45, 7) is 0.454. The number of hydrogen-bond acceptors (Lipinski definition) is 5. The fourth-order valence-corrected chi connectivity index (χ4v) is 1.47. The van der Waals surface area contributed by atoms with Crippen LogP contribution < -0.4 is 14.4 Å². The summed E-state index contributed by atoms with van der Waals surface area (Å²) in [5.74, 6) is 1.16. The minimum atomic E-state index is -0.278.